The molecule has 2 aromatic rings. The molecule has 0 saturated heterocycles. The van der Waals surface area contributed by atoms with Crippen molar-refractivity contribution >= 4 is 43.5 Å². The van der Waals surface area contributed by atoms with Crippen molar-refractivity contribution in [2.45, 2.75) is 52.7 Å². The number of nitrogens with one attached hydrogen (secondary N) is 2. The summed E-state index contributed by atoms with van der Waals surface area (Å²) in [6.07, 6.45) is 5.85. The predicted octanol–water partition coefficient (Wildman–Crippen LogP) is 3.30. The predicted molar refractivity (Wildman–Crippen MR) is 126 cm³/mol. The molecule has 2 bridgehead atoms. The van der Waals surface area contributed by atoms with Gasteiger partial charge in [-0.15, -0.1) is 0 Å². The number of anilines is 1. The zero-order chi connectivity index (χ0) is 22.5. The molecule has 1 amide bonds. The second-order valence-electron chi connectivity index (χ2n) is 9.42. The molecular formula is C21H28Br2N6O2. The van der Waals surface area contributed by atoms with E-state index in [0.717, 1.165) is 22.5 Å². The molecule has 0 aliphatic heterocycles. The molecule has 8 nitrogen and oxygen atoms in total. The fraction of sp³-hybridized carbons (Fsp3) is 0.619. The highest BCUT2D eigenvalue weighted by molar-refractivity contribution is 9.10. The van der Waals surface area contributed by atoms with Crippen molar-refractivity contribution in [2.75, 3.05) is 5.32 Å². The Morgan fingerprint density at radius 3 is 2.68 bits per heavy atom. The number of carbonyl (C=O) groups is 1. The number of hydrogen-bond donors (Lipinski definition) is 2. The highest BCUT2D eigenvalue weighted by Crippen LogP contribution is 2.61. The first-order valence-electron chi connectivity index (χ1n) is 10.5. The van der Waals surface area contributed by atoms with Crippen LogP contribution in [0.3, 0.4) is 0 Å². The molecule has 3 saturated carbocycles. The van der Waals surface area contributed by atoms with Gasteiger partial charge in [0.2, 0.25) is 5.91 Å². The Labute approximate surface area is 198 Å². The van der Waals surface area contributed by atoms with Crippen molar-refractivity contribution in [3.05, 3.63) is 37.4 Å². The summed E-state index contributed by atoms with van der Waals surface area (Å²) in [4.78, 5) is 25.1. The Balaban J connectivity index is 1.39. The minimum absolute atomic E-state index is 0.152. The maximum absolute atomic E-state index is 12.8. The zero-order valence-electron chi connectivity index (χ0n) is 18.2. The van der Waals surface area contributed by atoms with Gasteiger partial charge in [0.05, 0.1) is 28.6 Å². The largest absolute Gasteiger partial charge is 0.380 e. The Bertz CT molecular complexity index is 1060. The first kappa shape index (κ1) is 22.5. The lowest BCUT2D eigenvalue weighted by Crippen LogP contribution is -2.58. The van der Waals surface area contributed by atoms with Crippen LogP contribution in [0.15, 0.2) is 26.1 Å². The van der Waals surface area contributed by atoms with E-state index in [9.17, 15) is 9.59 Å². The number of halogens is 2. The second kappa shape index (κ2) is 8.35. The number of hydrogen-bond acceptors (Lipinski definition) is 5. The van der Waals surface area contributed by atoms with Crippen molar-refractivity contribution in [1.82, 2.24) is 24.9 Å². The van der Waals surface area contributed by atoms with Gasteiger partial charge in [0.15, 0.2) is 0 Å². The molecule has 3 aliphatic rings. The lowest BCUT2D eigenvalue weighted by atomic mass is 9.45. The molecule has 0 aromatic carbocycles. The quantitative estimate of drug-likeness (QED) is 0.570. The molecule has 2 heterocycles. The molecule has 5 rings (SSSR count). The third kappa shape index (κ3) is 4.20. The van der Waals surface area contributed by atoms with E-state index in [4.69, 9.17) is 0 Å². The summed E-state index contributed by atoms with van der Waals surface area (Å²) >= 11 is 6.82. The van der Waals surface area contributed by atoms with Gasteiger partial charge < -0.3 is 10.6 Å². The molecule has 2 N–H and O–H groups in total. The van der Waals surface area contributed by atoms with E-state index in [1.54, 1.807) is 10.9 Å². The van der Waals surface area contributed by atoms with E-state index in [1.165, 1.54) is 11.1 Å². The van der Waals surface area contributed by atoms with E-state index in [1.807, 2.05) is 13.2 Å². The Hall–Kier alpha value is -1.68. The maximum atomic E-state index is 12.8. The van der Waals surface area contributed by atoms with Crippen molar-refractivity contribution < 1.29 is 4.79 Å². The van der Waals surface area contributed by atoms with Gasteiger partial charge in [-0.2, -0.15) is 10.2 Å². The van der Waals surface area contributed by atoms with E-state index in [0.29, 0.717) is 33.5 Å². The molecule has 4 atom stereocenters. The van der Waals surface area contributed by atoms with Gasteiger partial charge in [-0.25, -0.2) is 4.68 Å². The van der Waals surface area contributed by atoms with Gasteiger partial charge in [-0.05, 0) is 67.9 Å². The van der Waals surface area contributed by atoms with Gasteiger partial charge in [0.1, 0.15) is 11.0 Å². The minimum atomic E-state index is -0.326. The van der Waals surface area contributed by atoms with Crippen molar-refractivity contribution in [3.8, 4) is 0 Å². The summed E-state index contributed by atoms with van der Waals surface area (Å²) in [5, 5.41) is 14.8. The number of amides is 1. The summed E-state index contributed by atoms with van der Waals surface area (Å²) in [6.45, 7) is 7.16. The summed E-state index contributed by atoms with van der Waals surface area (Å²) < 4.78 is 4.07. The molecule has 31 heavy (non-hydrogen) atoms. The molecule has 2 aromatic heterocycles. The Morgan fingerprint density at radius 1 is 1.32 bits per heavy atom. The first-order valence-corrected chi connectivity index (χ1v) is 12.1. The summed E-state index contributed by atoms with van der Waals surface area (Å²) in [5.41, 5.74) is 1.50. The smallest absolute Gasteiger partial charge is 0.283 e. The van der Waals surface area contributed by atoms with Gasteiger partial charge in [0.25, 0.3) is 5.56 Å². The summed E-state index contributed by atoms with van der Waals surface area (Å²) in [6, 6.07) is 0.324. The fourth-order valence-corrected chi connectivity index (χ4v) is 6.16. The normalized spacial score (nSPS) is 26.3. The topological polar surface area (TPSA) is 93.8 Å². The van der Waals surface area contributed by atoms with E-state index >= 15 is 0 Å². The van der Waals surface area contributed by atoms with Gasteiger partial charge in [-0.3, -0.25) is 14.3 Å². The van der Waals surface area contributed by atoms with Crippen LogP contribution in [0, 0.1) is 23.2 Å². The summed E-state index contributed by atoms with van der Waals surface area (Å²) in [7, 11) is 1.81. The van der Waals surface area contributed by atoms with E-state index < -0.39 is 0 Å². The highest BCUT2D eigenvalue weighted by Gasteiger charge is 2.56. The molecule has 0 radical (unpaired) electrons. The number of aryl methyl sites for hydroxylation is 1. The average Bonchev–Trinajstić information content (AvgIpc) is 3.04. The third-order valence-electron chi connectivity index (χ3n) is 7.28. The van der Waals surface area contributed by atoms with Gasteiger partial charge in [0, 0.05) is 19.3 Å². The van der Waals surface area contributed by atoms with Crippen LogP contribution in [0.4, 0.5) is 5.69 Å². The number of nitrogens with zero attached hydrogens (tertiary/aromatic N) is 4. The number of rotatable bonds is 6. The molecular weight excluding hydrogens is 528 g/mol. The Morgan fingerprint density at radius 2 is 2.06 bits per heavy atom. The molecule has 3 fully saturated rings. The zero-order valence-corrected chi connectivity index (χ0v) is 21.3. The molecule has 3 aliphatic carbocycles. The maximum Gasteiger partial charge on any atom is 0.283 e. The van der Waals surface area contributed by atoms with Crippen LogP contribution in [0.5, 0.6) is 0 Å². The molecule has 0 unspecified atom stereocenters. The van der Waals surface area contributed by atoms with Crippen LogP contribution in [0.1, 0.15) is 39.3 Å². The lowest BCUT2D eigenvalue weighted by molar-refractivity contribution is -0.122. The van der Waals surface area contributed by atoms with Crippen LogP contribution < -0.4 is 16.2 Å². The minimum Gasteiger partial charge on any atom is -0.380 e. The average molecular weight is 556 g/mol. The monoisotopic (exact) mass is 554 g/mol. The van der Waals surface area contributed by atoms with Crippen molar-refractivity contribution in [2.24, 2.45) is 30.2 Å². The Kier molecular flexibility index (Phi) is 6.06. The van der Waals surface area contributed by atoms with E-state index in [-0.39, 0.29) is 24.6 Å². The second-order valence-corrected chi connectivity index (χ2v) is 11.1. The SMILES string of the molecule is C[C@@H]1[C@H]2C[C@@H](C[C@H]1Nc1cnn(CC(=O)NCc3nn(C)cc3Br)c(=O)c1Br)C2(C)C. The fourth-order valence-electron chi connectivity index (χ4n) is 5.22. The van der Waals surface area contributed by atoms with Gasteiger partial charge >= 0.3 is 0 Å². The first-order chi connectivity index (χ1) is 14.6. The standard InChI is InChI=1S/C21H28Br2N6O2/c1-11-13-5-12(21(13,2)3)6-15(11)26-17-8-25-29(20(31)19(17)23)10-18(30)24-7-16-14(22)9-28(4)27-16/h8-9,11-13,15,26H,5-7,10H2,1-4H3,(H,24,30)/t11-,12+,13-,15-/m1/s1. The van der Waals surface area contributed by atoms with Crippen LogP contribution in [0.2, 0.25) is 0 Å². The van der Waals surface area contributed by atoms with E-state index in [2.05, 4.69) is 73.5 Å². The van der Waals surface area contributed by atoms with Crippen molar-refractivity contribution in [1.29, 1.82) is 0 Å². The third-order valence-corrected chi connectivity index (χ3v) is 8.71. The number of aromatic nitrogens is 4. The van der Waals surface area contributed by atoms with Crippen LogP contribution in [0.25, 0.3) is 0 Å². The molecule has 0 spiro atoms. The lowest BCUT2D eigenvalue weighted by Gasteiger charge is -2.62. The number of carbonyl (C=O) groups excluding carboxylic acids is 1. The van der Waals surface area contributed by atoms with Crippen LogP contribution >= 0.6 is 31.9 Å². The van der Waals surface area contributed by atoms with Crippen LogP contribution in [-0.4, -0.2) is 31.5 Å². The molecule has 168 valence electrons. The van der Waals surface area contributed by atoms with Crippen LogP contribution in [-0.2, 0) is 24.9 Å². The molecule has 10 heteroatoms. The number of fused-ring (bicyclic) bond motifs is 2. The van der Waals surface area contributed by atoms with Crippen molar-refractivity contribution in [3.63, 3.8) is 0 Å². The summed E-state index contributed by atoms with van der Waals surface area (Å²) in [5.74, 6) is 1.66. The highest BCUT2D eigenvalue weighted by atomic mass is 79.9. The van der Waals surface area contributed by atoms with Gasteiger partial charge in [-0.1, -0.05) is 20.8 Å².